The van der Waals surface area contributed by atoms with Crippen molar-refractivity contribution >= 4 is 11.6 Å². The van der Waals surface area contributed by atoms with E-state index in [1.54, 1.807) is 6.26 Å². The molecule has 0 radical (unpaired) electrons. The van der Waals surface area contributed by atoms with Gasteiger partial charge in [-0.2, -0.15) is 0 Å². The molecule has 0 atom stereocenters. The van der Waals surface area contributed by atoms with Crippen molar-refractivity contribution in [3.63, 3.8) is 0 Å². The van der Waals surface area contributed by atoms with E-state index in [2.05, 4.69) is 10.3 Å². The van der Waals surface area contributed by atoms with E-state index in [1.807, 2.05) is 31.2 Å². The zero-order valence-electron chi connectivity index (χ0n) is 10.8. The van der Waals surface area contributed by atoms with Crippen LogP contribution in [0.3, 0.4) is 0 Å². The molecule has 0 saturated heterocycles. The van der Waals surface area contributed by atoms with Gasteiger partial charge in [-0.3, -0.25) is 4.79 Å². The number of oxazole rings is 1. The van der Waals surface area contributed by atoms with E-state index in [9.17, 15) is 4.79 Å². The molecule has 19 heavy (non-hydrogen) atoms. The first-order valence-corrected chi connectivity index (χ1v) is 6.56. The molecule has 1 aromatic heterocycles. The molecule has 4 nitrogen and oxygen atoms in total. The number of aryl methyl sites for hydroxylation is 1. The van der Waals surface area contributed by atoms with Crippen molar-refractivity contribution in [1.29, 1.82) is 0 Å². The average molecular weight is 256 g/mol. The van der Waals surface area contributed by atoms with Gasteiger partial charge in [0.2, 0.25) is 5.91 Å². The first-order chi connectivity index (χ1) is 9.22. The van der Waals surface area contributed by atoms with Crippen LogP contribution >= 0.6 is 0 Å². The molecule has 1 aromatic carbocycles. The highest BCUT2D eigenvalue weighted by molar-refractivity contribution is 5.93. The van der Waals surface area contributed by atoms with E-state index < -0.39 is 0 Å². The summed E-state index contributed by atoms with van der Waals surface area (Å²) in [7, 11) is 0. The topological polar surface area (TPSA) is 55.1 Å². The molecule has 1 fully saturated rings. The van der Waals surface area contributed by atoms with Gasteiger partial charge in [0.1, 0.15) is 12.0 Å². The lowest BCUT2D eigenvalue weighted by Crippen LogP contribution is -2.27. The summed E-state index contributed by atoms with van der Waals surface area (Å²) in [5, 5.41) is 2.94. The fourth-order valence-electron chi connectivity index (χ4n) is 2.14. The van der Waals surface area contributed by atoms with Crippen LogP contribution in [-0.2, 0) is 4.79 Å². The summed E-state index contributed by atoms with van der Waals surface area (Å²) in [5.74, 6) is 0.992. The van der Waals surface area contributed by atoms with Gasteiger partial charge in [-0.15, -0.1) is 0 Å². The van der Waals surface area contributed by atoms with Crippen molar-refractivity contribution in [1.82, 2.24) is 4.98 Å². The number of benzene rings is 1. The van der Waals surface area contributed by atoms with Gasteiger partial charge >= 0.3 is 0 Å². The Balaban J connectivity index is 1.70. The van der Waals surface area contributed by atoms with Gasteiger partial charge in [0, 0.05) is 24.1 Å². The summed E-state index contributed by atoms with van der Waals surface area (Å²) >= 11 is 0. The molecule has 1 heterocycles. The van der Waals surface area contributed by atoms with Crippen LogP contribution in [0.25, 0.3) is 11.3 Å². The summed E-state index contributed by atoms with van der Waals surface area (Å²) in [6.07, 6.45) is 4.84. The first kappa shape index (κ1) is 12.0. The Hall–Kier alpha value is -2.10. The zero-order chi connectivity index (χ0) is 13.2. The Bertz CT molecular complexity index is 582. The number of carbonyl (C=O) groups excluding carboxylic acids is 1. The number of anilines is 1. The molecule has 0 spiro atoms. The van der Waals surface area contributed by atoms with Gasteiger partial charge in [-0.05, 0) is 25.0 Å². The van der Waals surface area contributed by atoms with Crippen LogP contribution in [0.2, 0.25) is 0 Å². The van der Waals surface area contributed by atoms with Crippen LogP contribution in [0.4, 0.5) is 5.69 Å². The summed E-state index contributed by atoms with van der Waals surface area (Å²) in [6.45, 7) is 1.82. The molecule has 98 valence electrons. The third-order valence-electron chi connectivity index (χ3n) is 3.54. The monoisotopic (exact) mass is 256 g/mol. The largest absolute Gasteiger partial charge is 0.449 e. The van der Waals surface area contributed by atoms with Crippen molar-refractivity contribution in [3.8, 4) is 11.3 Å². The lowest BCUT2D eigenvalue weighted by Gasteiger charge is -2.24. The van der Waals surface area contributed by atoms with Crippen molar-refractivity contribution in [2.45, 2.75) is 26.2 Å². The van der Waals surface area contributed by atoms with Crippen molar-refractivity contribution < 1.29 is 9.21 Å². The summed E-state index contributed by atoms with van der Waals surface area (Å²) in [5.41, 5.74) is 2.63. The molecule has 1 aliphatic rings. The highest BCUT2D eigenvalue weighted by Crippen LogP contribution is 2.28. The van der Waals surface area contributed by atoms with Crippen molar-refractivity contribution in [2.75, 3.05) is 5.32 Å². The second-order valence-corrected chi connectivity index (χ2v) is 4.95. The molecule has 1 amide bonds. The number of nitrogens with zero attached hydrogens (tertiary/aromatic N) is 1. The minimum atomic E-state index is 0.135. The Labute approximate surface area is 111 Å². The minimum absolute atomic E-state index is 0.135. The SMILES string of the molecule is Cc1nc(-c2ccc(NC(=O)C3CCC3)cc2)co1. The number of amides is 1. The molecular formula is C15H16N2O2. The molecule has 1 saturated carbocycles. The molecule has 4 heteroatoms. The number of rotatable bonds is 3. The molecule has 0 aliphatic heterocycles. The fourth-order valence-corrected chi connectivity index (χ4v) is 2.14. The molecule has 2 aromatic rings. The lowest BCUT2D eigenvalue weighted by molar-refractivity contribution is -0.122. The molecule has 1 N–H and O–H groups in total. The quantitative estimate of drug-likeness (QED) is 0.915. The predicted octanol–water partition coefficient (Wildman–Crippen LogP) is 3.39. The maximum atomic E-state index is 11.8. The molecule has 0 bridgehead atoms. The van der Waals surface area contributed by atoms with E-state index in [1.165, 1.54) is 6.42 Å². The Kier molecular flexibility index (Phi) is 3.07. The first-order valence-electron chi connectivity index (χ1n) is 6.56. The lowest BCUT2D eigenvalue weighted by atomic mass is 9.85. The number of aromatic nitrogens is 1. The second-order valence-electron chi connectivity index (χ2n) is 4.95. The summed E-state index contributed by atoms with van der Waals surface area (Å²) in [6, 6.07) is 7.67. The van der Waals surface area contributed by atoms with Gasteiger partial charge in [0.25, 0.3) is 0 Å². The Morgan fingerprint density at radius 1 is 1.32 bits per heavy atom. The number of nitrogens with one attached hydrogen (secondary N) is 1. The third-order valence-corrected chi connectivity index (χ3v) is 3.54. The van der Waals surface area contributed by atoms with E-state index in [4.69, 9.17) is 4.42 Å². The highest BCUT2D eigenvalue weighted by Gasteiger charge is 2.24. The highest BCUT2D eigenvalue weighted by atomic mass is 16.3. The van der Waals surface area contributed by atoms with Crippen LogP contribution in [0.5, 0.6) is 0 Å². The van der Waals surface area contributed by atoms with Crippen molar-refractivity contribution in [3.05, 3.63) is 36.4 Å². The van der Waals surface area contributed by atoms with Crippen LogP contribution in [0.1, 0.15) is 25.2 Å². The third kappa shape index (κ3) is 2.52. The Morgan fingerprint density at radius 3 is 2.58 bits per heavy atom. The maximum absolute atomic E-state index is 11.8. The Morgan fingerprint density at radius 2 is 2.05 bits per heavy atom. The second kappa shape index (κ2) is 4.88. The fraction of sp³-hybridized carbons (Fsp3) is 0.333. The summed E-state index contributed by atoms with van der Waals surface area (Å²) in [4.78, 5) is 16.1. The van der Waals surface area contributed by atoms with E-state index in [0.717, 1.165) is 29.8 Å². The smallest absolute Gasteiger partial charge is 0.227 e. The zero-order valence-corrected chi connectivity index (χ0v) is 10.8. The molecule has 3 rings (SSSR count). The standard InChI is InChI=1S/C15H16N2O2/c1-10-16-14(9-19-10)11-5-7-13(8-6-11)17-15(18)12-3-2-4-12/h5-9,12H,2-4H2,1H3,(H,17,18). The van der Waals surface area contributed by atoms with Gasteiger partial charge in [0.05, 0.1) is 0 Å². The van der Waals surface area contributed by atoms with Crippen molar-refractivity contribution in [2.24, 2.45) is 5.92 Å². The molecule has 0 unspecified atom stereocenters. The van der Waals surface area contributed by atoms with Gasteiger partial charge in [0.15, 0.2) is 5.89 Å². The van der Waals surface area contributed by atoms with Crippen LogP contribution in [0, 0.1) is 12.8 Å². The van der Waals surface area contributed by atoms with Gasteiger partial charge in [-0.25, -0.2) is 4.98 Å². The molecular weight excluding hydrogens is 240 g/mol. The minimum Gasteiger partial charge on any atom is -0.449 e. The van der Waals surface area contributed by atoms with E-state index in [-0.39, 0.29) is 11.8 Å². The van der Waals surface area contributed by atoms with Crippen LogP contribution in [-0.4, -0.2) is 10.9 Å². The normalized spacial score (nSPS) is 15.0. The average Bonchev–Trinajstić information content (AvgIpc) is 2.74. The van der Waals surface area contributed by atoms with Crippen LogP contribution < -0.4 is 5.32 Å². The summed E-state index contributed by atoms with van der Waals surface area (Å²) < 4.78 is 5.19. The molecule has 1 aliphatic carbocycles. The number of hydrogen-bond donors (Lipinski definition) is 1. The van der Waals surface area contributed by atoms with E-state index in [0.29, 0.717) is 5.89 Å². The van der Waals surface area contributed by atoms with E-state index >= 15 is 0 Å². The van der Waals surface area contributed by atoms with Crippen LogP contribution in [0.15, 0.2) is 34.9 Å². The predicted molar refractivity (Wildman–Crippen MR) is 72.6 cm³/mol. The van der Waals surface area contributed by atoms with Gasteiger partial charge in [-0.1, -0.05) is 18.6 Å². The maximum Gasteiger partial charge on any atom is 0.227 e. The number of hydrogen-bond acceptors (Lipinski definition) is 3. The number of carbonyl (C=O) groups is 1. The van der Waals surface area contributed by atoms with Gasteiger partial charge < -0.3 is 9.73 Å².